The van der Waals surface area contributed by atoms with Crippen molar-refractivity contribution in [2.24, 2.45) is 0 Å². The van der Waals surface area contributed by atoms with E-state index in [4.69, 9.17) is 4.42 Å². The lowest BCUT2D eigenvalue weighted by atomic mass is 10.1. The highest BCUT2D eigenvalue weighted by Crippen LogP contribution is 2.21. The Bertz CT molecular complexity index is 678. The molecule has 1 atom stereocenters. The van der Waals surface area contributed by atoms with Crippen molar-refractivity contribution in [3.8, 4) is 0 Å². The molecule has 0 fully saturated rings. The molecule has 2 rings (SSSR count). The summed E-state index contributed by atoms with van der Waals surface area (Å²) in [5, 5.41) is 15.0. The maximum Gasteiger partial charge on any atom is 0.320 e. The maximum atomic E-state index is 12.7. The zero-order chi connectivity index (χ0) is 17.0. The van der Waals surface area contributed by atoms with Gasteiger partial charge in [0.2, 0.25) is 5.69 Å². The highest BCUT2D eigenvalue weighted by Gasteiger charge is 2.30. The van der Waals surface area contributed by atoms with Crippen LogP contribution in [-0.4, -0.2) is 38.6 Å². The van der Waals surface area contributed by atoms with Gasteiger partial charge in [0.1, 0.15) is 12.0 Å². The first-order valence-corrected chi connectivity index (χ1v) is 7.45. The van der Waals surface area contributed by atoms with Crippen molar-refractivity contribution >= 4 is 11.6 Å². The third-order valence-corrected chi connectivity index (χ3v) is 3.89. The first-order chi connectivity index (χ1) is 11.0. The van der Waals surface area contributed by atoms with Gasteiger partial charge < -0.3 is 9.32 Å². The topological polar surface area (TPSA) is 94.4 Å². The third-order valence-electron chi connectivity index (χ3n) is 3.89. The smallest absolute Gasteiger partial charge is 0.320 e. The lowest BCUT2D eigenvalue weighted by Gasteiger charge is -2.24. The minimum atomic E-state index is -0.576. The van der Waals surface area contributed by atoms with Crippen molar-refractivity contribution in [3.63, 3.8) is 0 Å². The van der Waals surface area contributed by atoms with E-state index < -0.39 is 10.8 Å². The van der Waals surface area contributed by atoms with E-state index in [2.05, 4.69) is 5.10 Å². The fourth-order valence-corrected chi connectivity index (χ4v) is 2.34. The SMILES string of the molecule is CCn1ncc([N+](=O)[O-])c1C(=O)N(C)C(C)CCc1ccco1. The Morgan fingerprint density at radius 3 is 2.87 bits per heavy atom. The van der Waals surface area contributed by atoms with Gasteiger partial charge in [0, 0.05) is 26.1 Å². The zero-order valence-corrected chi connectivity index (χ0v) is 13.4. The summed E-state index contributed by atoms with van der Waals surface area (Å²) in [4.78, 5) is 24.7. The Morgan fingerprint density at radius 1 is 1.57 bits per heavy atom. The average molecular weight is 320 g/mol. The quantitative estimate of drug-likeness (QED) is 0.577. The molecule has 8 heteroatoms. The van der Waals surface area contributed by atoms with Gasteiger partial charge in [0.25, 0.3) is 5.91 Å². The molecular formula is C15H20N4O4. The number of aryl methyl sites for hydroxylation is 2. The van der Waals surface area contributed by atoms with Crippen LogP contribution in [0.25, 0.3) is 0 Å². The molecule has 0 aliphatic carbocycles. The number of carbonyl (C=O) groups excluding carboxylic acids is 1. The van der Waals surface area contributed by atoms with Crippen LogP contribution in [0.2, 0.25) is 0 Å². The molecular weight excluding hydrogens is 300 g/mol. The number of hydrogen-bond acceptors (Lipinski definition) is 5. The Balaban J connectivity index is 2.12. The molecule has 8 nitrogen and oxygen atoms in total. The molecule has 2 aromatic rings. The van der Waals surface area contributed by atoms with E-state index in [9.17, 15) is 14.9 Å². The Morgan fingerprint density at radius 2 is 2.30 bits per heavy atom. The molecule has 23 heavy (non-hydrogen) atoms. The van der Waals surface area contributed by atoms with Crippen LogP contribution in [0.5, 0.6) is 0 Å². The van der Waals surface area contributed by atoms with Gasteiger partial charge in [-0.05, 0) is 32.4 Å². The molecule has 0 saturated heterocycles. The maximum absolute atomic E-state index is 12.7. The molecule has 0 aliphatic rings. The zero-order valence-electron chi connectivity index (χ0n) is 13.4. The Kier molecular flexibility index (Phi) is 5.15. The Labute approximate surface area is 133 Å². The number of rotatable bonds is 7. The van der Waals surface area contributed by atoms with Gasteiger partial charge in [-0.25, -0.2) is 0 Å². The largest absolute Gasteiger partial charge is 0.469 e. The number of carbonyl (C=O) groups is 1. The highest BCUT2D eigenvalue weighted by atomic mass is 16.6. The summed E-state index contributed by atoms with van der Waals surface area (Å²) in [6.07, 6.45) is 4.13. The molecule has 1 unspecified atom stereocenters. The van der Waals surface area contributed by atoms with Gasteiger partial charge in [0.15, 0.2) is 0 Å². The van der Waals surface area contributed by atoms with Crippen LogP contribution in [-0.2, 0) is 13.0 Å². The number of nitrogens with zero attached hydrogens (tertiary/aromatic N) is 4. The van der Waals surface area contributed by atoms with Crippen LogP contribution in [0.1, 0.15) is 36.5 Å². The molecule has 0 bridgehead atoms. The van der Waals surface area contributed by atoms with E-state index in [1.165, 1.54) is 9.58 Å². The van der Waals surface area contributed by atoms with Crippen molar-refractivity contribution < 1.29 is 14.1 Å². The first kappa shape index (κ1) is 16.7. The molecule has 0 spiro atoms. The van der Waals surface area contributed by atoms with E-state index >= 15 is 0 Å². The lowest BCUT2D eigenvalue weighted by Crippen LogP contribution is -2.37. The second-order valence-electron chi connectivity index (χ2n) is 5.33. The van der Waals surface area contributed by atoms with Gasteiger partial charge >= 0.3 is 5.69 Å². The number of aromatic nitrogens is 2. The van der Waals surface area contributed by atoms with Gasteiger partial charge in [0.05, 0.1) is 11.2 Å². The summed E-state index contributed by atoms with van der Waals surface area (Å²) in [7, 11) is 1.64. The van der Waals surface area contributed by atoms with E-state index in [1.807, 2.05) is 19.1 Å². The number of amides is 1. The lowest BCUT2D eigenvalue weighted by molar-refractivity contribution is -0.385. The van der Waals surface area contributed by atoms with E-state index in [1.54, 1.807) is 20.2 Å². The summed E-state index contributed by atoms with van der Waals surface area (Å²) in [5.41, 5.74) is -0.244. The van der Waals surface area contributed by atoms with Crippen molar-refractivity contribution in [2.75, 3.05) is 7.05 Å². The number of furan rings is 1. The fraction of sp³-hybridized carbons (Fsp3) is 0.467. The molecule has 1 amide bonds. The highest BCUT2D eigenvalue weighted by molar-refractivity contribution is 5.96. The van der Waals surface area contributed by atoms with Gasteiger partial charge in [-0.1, -0.05) is 0 Å². The van der Waals surface area contributed by atoms with Crippen LogP contribution in [0.3, 0.4) is 0 Å². The molecule has 2 aromatic heterocycles. The van der Waals surface area contributed by atoms with Crippen molar-refractivity contribution in [3.05, 3.63) is 46.2 Å². The van der Waals surface area contributed by atoms with Crippen LogP contribution in [0.15, 0.2) is 29.0 Å². The second-order valence-corrected chi connectivity index (χ2v) is 5.33. The molecule has 0 aliphatic heterocycles. The minimum Gasteiger partial charge on any atom is -0.469 e. The molecule has 0 radical (unpaired) electrons. The first-order valence-electron chi connectivity index (χ1n) is 7.45. The van der Waals surface area contributed by atoms with Crippen LogP contribution >= 0.6 is 0 Å². The molecule has 0 saturated carbocycles. The predicted octanol–water partition coefficient (Wildman–Crippen LogP) is 2.50. The molecule has 2 heterocycles. The normalized spacial score (nSPS) is 12.1. The number of hydrogen-bond donors (Lipinski definition) is 0. The Hall–Kier alpha value is -2.64. The summed E-state index contributed by atoms with van der Waals surface area (Å²) in [5.74, 6) is 0.449. The third kappa shape index (κ3) is 3.58. The van der Waals surface area contributed by atoms with E-state index in [0.29, 0.717) is 19.4 Å². The van der Waals surface area contributed by atoms with Crippen LogP contribution < -0.4 is 0 Å². The van der Waals surface area contributed by atoms with E-state index in [-0.39, 0.29) is 17.4 Å². The molecule has 124 valence electrons. The second kappa shape index (κ2) is 7.08. The molecule has 0 N–H and O–H groups in total. The van der Waals surface area contributed by atoms with Crippen molar-refractivity contribution in [2.45, 2.75) is 39.3 Å². The van der Waals surface area contributed by atoms with Crippen molar-refractivity contribution in [1.82, 2.24) is 14.7 Å². The summed E-state index contributed by atoms with van der Waals surface area (Å²) in [6, 6.07) is 3.61. The average Bonchev–Trinajstić information content (AvgIpc) is 3.19. The van der Waals surface area contributed by atoms with Crippen LogP contribution in [0.4, 0.5) is 5.69 Å². The summed E-state index contributed by atoms with van der Waals surface area (Å²) < 4.78 is 6.63. The number of nitro groups is 1. The van der Waals surface area contributed by atoms with Gasteiger partial charge in [-0.2, -0.15) is 5.10 Å². The summed E-state index contributed by atoms with van der Waals surface area (Å²) >= 11 is 0. The predicted molar refractivity (Wildman–Crippen MR) is 83.1 cm³/mol. The van der Waals surface area contributed by atoms with Crippen LogP contribution in [0, 0.1) is 10.1 Å². The standard InChI is InChI=1S/C15H20N4O4/c1-4-18-14(13(10-16-18)19(21)22)15(20)17(3)11(2)7-8-12-6-5-9-23-12/h5-6,9-11H,4,7-8H2,1-3H3. The molecule has 0 aromatic carbocycles. The monoisotopic (exact) mass is 320 g/mol. The van der Waals surface area contributed by atoms with E-state index in [0.717, 1.165) is 12.0 Å². The minimum absolute atomic E-state index is 0.0184. The van der Waals surface area contributed by atoms with Gasteiger partial charge in [-0.3, -0.25) is 19.6 Å². The summed E-state index contributed by atoms with van der Waals surface area (Å²) in [6.45, 7) is 4.08. The van der Waals surface area contributed by atoms with Gasteiger partial charge in [-0.15, -0.1) is 0 Å². The fourth-order valence-electron chi connectivity index (χ4n) is 2.34. The van der Waals surface area contributed by atoms with Crippen molar-refractivity contribution in [1.29, 1.82) is 0 Å².